The van der Waals surface area contributed by atoms with Crippen LogP contribution in [0, 0.1) is 5.92 Å². The van der Waals surface area contributed by atoms with E-state index in [1.807, 2.05) is 17.0 Å². The van der Waals surface area contributed by atoms with E-state index in [1.165, 1.54) is 7.11 Å². The number of phenols is 1. The molecule has 1 heterocycles. The minimum atomic E-state index is -0.418. The Kier molecular flexibility index (Phi) is 4.15. The Morgan fingerprint density at radius 2 is 1.96 bits per heavy atom. The molecule has 0 aromatic heterocycles. The van der Waals surface area contributed by atoms with Crippen LogP contribution in [-0.4, -0.2) is 42.2 Å². The van der Waals surface area contributed by atoms with E-state index in [4.69, 9.17) is 4.74 Å². The van der Waals surface area contributed by atoms with E-state index in [0.29, 0.717) is 38.8 Å². The Morgan fingerprint density at radius 3 is 2.48 bits per heavy atom. The third-order valence-corrected chi connectivity index (χ3v) is 5.13. The lowest BCUT2D eigenvalue weighted by molar-refractivity contribution is -0.147. The number of hydrogen-bond donors (Lipinski definition) is 2. The normalized spacial score (nSPS) is 27.6. The number of phenolic OH excluding ortho intramolecular Hbond substituents is 1. The molecule has 0 unspecified atom stereocenters. The van der Waals surface area contributed by atoms with Crippen molar-refractivity contribution in [1.82, 2.24) is 10.2 Å². The van der Waals surface area contributed by atoms with Crippen LogP contribution in [0.2, 0.25) is 0 Å². The monoisotopic (exact) mass is 318 g/mol. The highest BCUT2D eigenvalue weighted by atomic mass is 16.5. The number of benzene rings is 1. The van der Waals surface area contributed by atoms with Crippen molar-refractivity contribution in [2.24, 2.45) is 5.92 Å². The summed E-state index contributed by atoms with van der Waals surface area (Å²) < 4.78 is 4.86. The van der Waals surface area contributed by atoms with Gasteiger partial charge in [0.2, 0.25) is 0 Å². The topological polar surface area (TPSA) is 78.9 Å². The van der Waals surface area contributed by atoms with Gasteiger partial charge < -0.3 is 20.1 Å². The van der Waals surface area contributed by atoms with Crippen LogP contribution in [0.3, 0.4) is 0 Å². The first-order chi connectivity index (χ1) is 11.1. The van der Waals surface area contributed by atoms with E-state index in [2.05, 4.69) is 5.32 Å². The molecule has 0 radical (unpaired) electrons. The van der Waals surface area contributed by atoms with Crippen LogP contribution in [0.5, 0.6) is 5.75 Å². The van der Waals surface area contributed by atoms with Crippen molar-refractivity contribution in [3.8, 4) is 5.75 Å². The second kappa shape index (κ2) is 6.10. The van der Waals surface area contributed by atoms with Gasteiger partial charge in [-0.1, -0.05) is 12.1 Å². The van der Waals surface area contributed by atoms with Crippen LogP contribution in [0.1, 0.15) is 31.2 Å². The fourth-order valence-electron chi connectivity index (χ4n) is 3.86. The van der Waals surface area contributed by atoms with Crippen LogP contribution in [0.4, 0.5) is 4.79 Å². The molecule has 6 heteroatoms. The summed E-state index contributed by atoms with van der Waals surface area (Å²) in [6, 6.07) is 6.99. The highest BCUT2D eigenvalue weighted by Crippen LogP contribution is 2.45. The minimum Gasteiger partial charge on any atom is -0.508 e. The van der Waals surface area contributed by atoms with Crippen molar-refractivity contribution in [3.63, 3.8) is 0 Å². The van der Waals surface area contributed by atoms with E-state index in [0.717, 1.165) is 5.56 Å². The molecule has 1 aliphatic heterocycles. The number of nitrogens with zero attached hydrogens (tertiary/aromatic N) is 1. The highest BCUT2D eigenvalue weighted by molar-refractivity contribution is 5.78. The molecular formula is C17H22N2O4. The van der Waals surface area contributed by atoms with Gasteiger partial charge in [0, 0.05) is 13.1 Å². The Hall–Kier alpha value is -2.24. The molecule has 0 spiro atoms. The number of amides is 2. The highest BCUT2D eigenvalue weighted by Gasteiger charge is 2.46. The second-order valence-electron chi connectivity index (χ2n) is 6.26. The molecule has 0 atom stereocenters. The van der Waals surface area contributed by atoms with Gasteiger partial charge in [-0.25, -0.2) is 4.79 Å². The molecular weight excluding hydrogens is 296 g/mol. The minimum absolute atomic E-state index is 0.0606. The van der Waals surface area contributed by atoms with E-state index in [9.17, 15) is 14.7 Å². The third-order valence-electron chi connectivity index (χ3n) is 5.13. The van der Waals surface area contributed by atoms with Gasteiger partial charge in [0.25, 0.3) is 0 Å². The first-order valence-corrected chi connectivity index (χ1v) is 7.99. The predicted octanol–water partition coefficient (Wildman–Crippen LogP) is 1.98. The maximum atomic E-state index is 12.3. The average Bonchev–Trinajstić information content (AvgIpc) is 3.01. The van der Waals surface area contributed by atoms with E-state index in [1.54, 1.807) is 12.1 Å². The summed E-state index contributed by atoms with van der Waals surface area (Å²) in [6.45, 7) is 1.29. The van der Waals surface area contributed by atoms with Gasteiger partial charge in [-0.2, -0.15) is 0 Å². The van der Waals surface area contributed by atoms with Crippen molar-refractivity contribution < 1.29 is 19.4 Å². The van der Waals surface area contributed by atoms with E-state index < -0.39 is 5.54 Å². The molecule has 1 aromatic carbocycles. The SMILES string of the molecule is COC(=O)C1CCC(c2ccc(O)cc2)(N2CCNC2=O)CC1. The molecule has 2 N–H and O–H groups in total. The second-order valence-corrected chi connectivity index (χ2v) is 6.26. The molecule has 1 saturated carbocycles. The number of carbonyl (C=O) groups excluding carboxylic acids is 2. The number of rotatable bonds is 3. The standard InChI is InChI=1S/C17H22N2O4/c1-23-15(21)12-6-8-17(9-7-12,19-11-10-18-16(19)22)13-2-4-14(20)5-3-13/h2-5,12,20H,6-11H2,1H3,(H,18,22). The summed E-state index contributed by atoms with van der Waals surface area (Å²) in [7, 11) is 1.41. The molecule has 3 rings (SSSR count). The Bertz CT molecular complexity index is 591. The van der Waals surface area contributed by atoms with Crippen LogP contribution < -0.4 is 5.32 Å². The molecule has 23 heavy (non-hydrogen) atoms. The van der Waals surface area contributed by atoms with Crippen molar-refractivity contribution in [2.75, 3.05) is 20.2 Å². The van der Waals surface area contributed by atoms with Crippen LogP contribution >= 0.6 is 0 Å². The molecule has 1 saturated heterocycles. The number of hydrogen-bond acceptors (Lipinski definition) is 4. The van der Waals surface area contributed by atoms with Gasteiger partial charge in [-0.3, -0.25) is 4.79 Å². The first-order valence-electron chi connectivity index (χ1n) is 7.99. The van der Waals surface area contributed by atoms with Gasteiger partial charge in [-0.15, -0.1) is 0 Å². The lowest BCUT2D eigenvalue weighted by atomic mass is 9.71. The maximum absolute atomic E-state index is 12.3. The fourth-order valence-corrected chi connectivity index (χ4v) is 3.86. The van der Waals surface area contributed by atoms with Crippen LogP contribution in [0.25, 0.3) is 0 Å². The zero-order valence-corrected chi connectivity index (χ0v) is 13.2. The maximum Gasteiger partial charge on any atom is 0.318 e. The molecule has 2 fully saturated rings. The Morgan fingerprint density at radius 1 is 1.30 bits per heavy atom. The van der Waals surface area contributed by atoms with Crippen molar-refractivity contribution in [3.05, 3.63) is 29.8 Å². The summed E-state index contributed by atoms with van der Waals surface area (Å²) in [6.07, 6.45) is 2.81. The quantitative estimate of drug-likeness (QED) is 0.835. The Labute approximate surface area is 135 Å². The fraction of sp³-hybridized carbons (Fsp3) is 0.529. The van der Waals surface area contributed by atoms with Crippen molar-refractivity contribution >= 4 is 12.0 Å². The third kappa shape index (κ3) is 2.73. The number of aromatic hydroxyl groups is 1. The predicted molar refractivity (Wildman–Crippen MR) is 83.9 cm³/mol. The van der Waals surface area contributed by atoms with Gasteiger partial charge in [0.15, 0.2) is 0 Å². The van der Waals surface area contributed by atoms with Gasteiger partial charge in [-0.05, 0) is 43.4 Å². The molecule has 0 bridgehead atoms. The molecule has 1 aliphatic carbocycles. The molecule has 2 aliphatic rings. The number of methoxy groups -OCH3 is 1. The number of urea groups is 1. The zero-order chi connectivity index (χ0) is 16.4. The van der Waals surface area contributed by atoms with Crippen molar-refractivity contribution in [2.45, 2.75) is 31.2 Å². The summed E-state index contributed by atoms with van der Waals surface area (Å²) in [5, 5.41) is 12.4. The average molecular weight is 318 g/mol. The number of carbonyl (C=O) groups is 2. The van der Waals surface area contributed by atoms with Crippen molar-refractivity contribution in [1.29, 1.82) is 0 Å². The van der Waals surface area contributed by atoms with Gasteiger partial charge in [0.05, 0.1) is 18.6 Å². The lowest BCUT2D eigenvalue weighted by Crippen LogP contribution is -2.50. The smallest absolute Gasteiger partial charge is 0.318 e. The first kappa shape index (κ1) is 15.6. The van der Waals surface area contributed by atoms with Gasteiger partial charge >= 0.3 is 12.0 Å². The lowest BCUT2D eigenvalue weighted by Gasteiger charge is -2.46. The number of nitrogens with one attached hydrogen (secondary N) is 1. The number of ether oxygens (including phenoxy) is 1. The molecule has 1 aromatic rings. The molecule has 6 nitrogen and oxygen atoms in total. The molecule has 124 valence electrons. The van der Waals surface area contributed by atoms with Crippen LogP contribution in [0.15, 0.2) is 24.3 Å². The van der Waals surface area contributed by atoms with E-state index >= 15 is 0 Å². The Balaban J connectivity index is 1.91. The summed E-state index contributed by atoms with van der Waals surface area (Å²) in [5.74, 6) is -0.0656. The molecule has 2 amide bonds. The van der Waals surface area contributed by atoms with Gasteiger partial charge in [0.1, 0.15) is 5.75 Å². The summed E-state index contributed by atoms with van der Waals surface area (Å²) in [5.41, 5.74) is 0.592. The summed E-state index contributed by atoms with van der Waals surface area (Å²) >= 11 is 0. The summed E-state index contributed by atoms with van der Waals surface area (Å²) in [4.78, 5) is 25.9. The van der Waals surface area contributed by atoms with E-state index in [-0.39, 0.29) is 23.7 Å². The number of esters is 1. The van der Waals surface area contributed by atoms with Crippen LogP contribution in [-0.2, 0) is 15.1 Å². The zero-order valence-electron chi connectivity index (χ0n) is 13.2. The largest absolute Gasteiger partial charge is 0.508 e.